The van der Waals surface area contributed by atoms with Gasteiger partial charge in [-0.15, -0.1) is 0 Å². The molecule has 0 aliphatic carbocycles. The zero-order chi connectivity index (χ0) is 15.8. The quantitative estimate of drug-likeness (QED) is 0.710. The molecule has 0 N–H and O–H groups in total. The highest BCUT2D eigenvalue weighted by molar-refractivity contribution is 9.10. The van der Waals surface area contributed by atoms with E-state index in [1.54, 1.807) is 7.05 Å². The lowest BCUT2D eigenvalue weighted by Crippen LogP contribution is -2.37. The summed E-state index contributed by atoms with van der Waals surface area (Å²) in [6, 6.07) is 2.69. The van der Waals surface area contributed by atoms with Crippen molar-refractivity contribution in [1.82, 2.24) is 4.90 Å². The van der Waals surface area contributed by atoms with Gasteiger partial charge < -0.3 is 9.64 Å². The Kier molecular flexibility index (Phi) is 5.20. The van der Waals surface area contributed by atoms with Crippen LogP contribution in [-0.2, 0) is 13.8 Å². The minimum absolute atomic E-state index is 0.0522. The number of carbonyl (C=O) groups excluding carboxylic acids is 1. The molecule has 1 heterocycles. The molecule has 2 rings (SSSR count). The van der Waals surface area contributed by atoms with E-state index in [1.165, 1.54) is 17.0 Å². The van der Waals surface area contributed by atoms with E-state index >= 15 is 0 Å². The molecule has 1 unspecified atom stereocenters. The smallest absolute Gasteiger partial charge is 0.262 e. The minimum Gasteiger partial charge on any atom is -0.379 e. The molecule has 0 saturated carbocycles. The summed E-state index contributed by atoms with van der Waals surface area (Å²) in [6.45, 7) is 1.05. The first kappa shape index (κ1) is 17.0. The van der Waals surface area contributed by atoms with E-state index in [2.05, 4.69) is 15.9 Å². The van der Waals surface area contributed by atoms with Crippen LogP contribution in [0.2, 0.25) is 5.02 Å². The van der Waals surface area contributed by atoms with Crippen LogP contribution in [-0.4, -0.2) is 45.5 Å². The number of benzene rings is 1. The van der Waals surface area contributed by atoms with Crippen LogP contribution >= 0.6 is 38.2 Å². The molecule has 1 aliphatic rings. The van der Waals surface area contributed by atoms with Gasteiger partial charge in [-0.3, -0.25) is 4.79 Å². The Morgan fingerprint density at radius 2 is 2.14 bits per heavy atom. The average Bonchev–Trinajstić information content (AvgIpc) is 2.92. The largest absolute Gasteiger partial charge is 0.379 e. The molecule has 1 aromatic carbocycles. The van der Waals surface area contributed by atoms with Gasteiger partial charge in [0.2, 0.25) is 0 Å². The molecule has 0 spiro atoms. The van der Waals surface area contributed by atoms with Crippen molar-refractivity contribution in [3.8, 4) is 0 Å². The maximum Gasteiger partial charge on any atom is 0.262 e. The van der Waals surface area contributed by atoms with Crippen molar-refractivity contribution in [3.05, 3.63) is 27.2 Å². The number of hydrogen-bond donors (Lipinski definition) is 0. The maximum absolute atomic E-state index is 12.5. The van der Waals surface area contributed by atoms with Crippen LogP contribution in [0.5, 0.6) is 0 Å². The summed E-state index contributed by atoms with van der Waals surface area (Å²) in [5.74, 6) is -0.377. The second kappa shape index (κ2) is 6.42. The fourth-order valence-electron chi connectivity index (χ4n) is 2.08. The summed E-state index contributed by atoms with van der Waals surface area (Å²) in [4.78, 5) is 13.7. The van der Waals surface area contributed by atoms with E-state index in [-0.39, 0.29) is 27.4 Å². The Hall–Kier alpha value is -0.340. The van der Waals surface area contributed by atoms with Gasteiger partial charge >= 0.3 is 0 Å². The molecule has 116 valence electrons. The van der Waals surface area contributed by atoms with Gasteiger partial charge in [-0.1, -0.05) is 27.5 Å². The van der Waals surface area contributed by atoms with Crippen LogP contribution in [0, 0.1) is 0 Å². The topological polar surface area (TPSA) is 63.7 Å². The lowest BCUT2D eigenvalue weighted by molar-refractivity contribution is 0.0711. The maximum atomic E-state index is 12.5. The fourth-order valence-corrected chi connectivity index (χ4v) is 4.26. The molecule has 5 nitrogen and oxygen atoms in total. The molecule has 1 amide bonds. The van der Waals surface area contributed by atoms with Crippen molar-refractivity contribution in [1.29, 1.82) is 0 Å². The van der Waals surface area contributed by atoms with E-state index in [0.29, 0.717) is 17.7 Å². The molecule has 9 heteroatoms. The first-order valence-corrected chi connectivity index (χ1v) is 9.48. The number of hydrogen-bond acceptors (Lipinski definition) is 4. The van der Waals surface area contributed by atoms with Gasteiger partial charge in [-0.05, 0) is 18.6 Å². The van der Waals surface area contributed by atoms with Crippen molar-refractivity contribution in [2.45, 2.75) is 17.4 Å². The van der Waals surface area contributed by atoms with E-state index < -0.39 is 9.05 Å². The molecule has 1 aliphatic heterocycles. The Balaban J connectivity index is 2.44. The lowest BCUT2D eigenvalue weighted by atomic mass is 10.1. The Labute approximate surface area is 140 Å². The number of amides is 1. The molecule has 21 heavy (non-hydrogen) atoms. The molecule has 0 aromatic heterocycles. The molecule has 1 aromatic rings. The molecule has 0 radical (unpaired) electrons. The molecular weight excluding hydrogens is 405 g/mol. The second-order valence-corrected chi connectivity index (χ2v) is 8.46. The Morgan fingerprint density at radius 1 is 1.48 bits per heavy atom. The van der Waals surface area contributed by atoms with Crippen LogP contribution in [0.1, 0.15) is 16.8 Å². The van der Waals surface area contributed by atoms with E-state index in [4.69, 9.17) is 27.0 Å². The summed E-state index contributed by atoms with van der Waals surface area (Å²) in [6.07, 6.45) is 0.731. The van der Waals surface area contributed by atoms with Crippen molar-refractivity contribution in [2.75, 3.05) is 20.3 Å². The third kappa shape index (κ3) is 3.71. The molecule has 1 atom stereocenters. The Morgan fingerprint density at radius 3 is 2.67 bits per heavy atom. The molecule has 1 saturated heterocycles. The zero-order valence-electron chi connectivity index (χ0n) is 11.0. The van der Waals surface area contributed by atoms with Gasteiger partial charge in [-0.25, -0.2) is 8.42 Å². The van der Waals surface area contributed by atoms with Crippen LogP contribution in [0.15, 0.2) is 21.5 Å². The van der Waals surface area contributed by atoms with Crippen molar-refractivity contribution >= 4 is 53.2 Å². The van der Waals surface area contributed by atoms with E-state index in [9.17, 15) is 13.2 Å². The Bertz CT molecular complexity index is 674. The van der Waals surface area contributed by atoms with Gasteiger partial charge in [0.05, 0.1) is 23.2 Å². The monoisotopic (exact) mass is 415 g/mol. The number of rotatable bonds is 3. The summed E-state index contributed by atoms with van der Waals surface area (Å²) in [5, 5.41) is -0.177. The van der Waals surface area contributed by atoms with Crippen molar-refractivity contribution in [2.24, 2.45) is 0 Å². The standard InChI is InChI=1S/C12H12BrCl2NO4S/c1-16(8-2-3-20-6-8)12(17)9-4-7(13)5-10(11(9)14)21(15,18)19/h4-5,8H,2-3,6H2,1H3. The van der Waals surface area contributed by atoms with Gasteiger partial charge in [0.25, 0.3) is 15.0 Å². The fraction of sp³-hybridized carbons (Fsp3) is 0.417. The number of ether oxygens (including phenoxy) is 1. The summed E-state index contributed by atoms with van der Waals surface area (Å²) < 4.78 is 28.7. The highest BCUT2D eigenvalue weighted by Gasteiger charge is 2.28. The van der Waals surface area contributed by atoms with Crippen molar-refractivity contribution < 1.29 is 17.9 Å². The first-order chi connectivity index (χ1) is 9.71. The predicted octanol–water partition coefficient (Wildman–Crippen LogP) is 2.89. The number of likely N-dealkylation sites (N-methyl/N-ethyl adjacent to an activating group) is 1. The lowest BCUT2D eigenvalue weighted by Gasteiger charge is -2.24. The zero-order valence-corrected chi connectivity index (χ0v) is 14.9. The van der Waals surface area contributed by atoms with E-state index in [0.717, 1.165) is 6.42 Å². The second-order valence-electron chi connectivity index (χ2n) is 4.64. The molecular formula is C12H12BrCl2NO4S. The van der Waals surface area contributed by atoms with Gasteiger partial charge in [0.15, 0.2) is 0 Å². The highest BCUT2D eigenvalue weighted by Crippen LogP contribution is 2.32. The summed E-state index contributed by atoms with van der Waals surface area (Å²) >= 11 is 9.21. The average molecular weight is 417 g/mol. The third-order valence-corrected chi connectivity index (χ3v) is 5.59. The summed E-state index contributed by atoms with van der Waals surface area (Å²) in [5.41, 5.74) is 0.0830. The molecule has 0 bridgehead atoms. The van der Waals surface area contributed by atoms with Crippen LogP contribution < -0.4 is 0 Å². The summed E-state index contributed by atoms with van der Waals surface area (Å²) in [7, 11) is 2.93. The number of halogens is 3. The number of carbonyl (C=O) groups is 1. The van der Waals surface area contributed by atoms with E-state index in [1.807, 2.05) is 0 Å². The van der Waals surface area contributed by atoms with Crippen LogP contribution in [0.4, 0.5) is 0 Å². The minimum atomic E-state index is -4.04. The van der Waals surface area contributed by atoms with Crippen LogP contribution in [0.25, 0.3) is 0 Å². The molecule has 1 fully saturated rings. The normalized spacial score (nSPS) is 18.8. The van der Waals surface area contributed by atoms with Gasteiger partial charge in [0.1, 0.15) is 4.90 Å². The predicted molar refractivity (Wildman–Crippen MR) is 83.5 cm³/mol. The van der Waals surface area contributed by atoms with Gasteiger partial charge in [-0.2, -0.15) is 0 Å². The SMILES string of the molecule is CN(C(=O)c1cc(Br)cc(S(=O)(=O)Cl)c1Cl)C1CCOC1. The third-order valence-electron chi connectivity index (χ3n) is 3.27. The first-order valence-electron chi connectivity index (χ1n) is 6.00. The van der Waals surface area contributed by atoms with Gasteiger partial charge in [0, 0.05) is 28.8 Å². The highest BCUT2D eigenvalue weighted by atomic mass is 79.9. The van der Waals surface area contributed by atoms with Crippen LogP contribution in [0.3, 0.4) is 0 Å². The number of nitrogens with zero attached hydrogens (tertiary/aromatic N) is 1. The van der Waals surface area contributed by atoms with Crippen molar-refractivity contribution in [3.63, 3.8) is 0 Å².